The molecular formula is C17H20N4O3. The van der Waals surface area contributed by atoms with E-state index in [1.54, 1.807) is 12.0 Å². The molecule has 1 N–H and O–H groups in total. The second-order valence-electron chi connectivity index (χ2n) is 5.53. The molecular weight excluding hydrogens is 308 g/mol. The number of nitrogens with zero attached hydrogens (tertiary/aromatic N) is 3. The number of rotatable bonds is 4. The number of hydrogen-bond acceptors (Lipinski definition) is 6. The smallest absolute Gasteiger partial charge is 0.257 e. The summed E-state index contributed by atoms with van der Waals surface area (Å²) in [7, 11) is 1.61. The quantitative estimate of drug-likeness (QED) is 0.925. The van der Waals surface area contributed by atoms with Crippen molar-refractivity contribution < 1.29 is 14.3 Å². The average molecular weight is 328 g/mol. The van der Waals surface area contributed by atoms with E-state index < -0.39 is 0 Å². The maximum absolute atomic E-state index is 12.4. The van der Waals surface area contributed by atoms with Crippen molar-refractivity contribution in [2.75, 3.05) is 38.7 Å². The van der Waals surface area contributed by atoms with Crippen LogP contribution >= 0.6 is 0 Å². The Hall–Kier alpha value is -2.67. The predicted octanol–water partition coefficient (Wildman–Crippen LogP) is 2.01. The van der Waals surface area contributed by atoms with E-state index in [9.17, 15) is 4.79 Å². The summed E-state index contributed by atoms with van der Waals surface area (Å²) in [5.74, 6) is 1.05. The zero-order valence-electron chi connectivity index (χ0n) is 13.8. The predicted molar refractivity (Wildman–Crippen MR) is 89.8 cm³/mol. The summed E-state index contributed by atoms with van der Waals surface area (Å²) in [6, 6.07) is 5.80. The van der Waals surface area contributed by atoms with Gasteiger partial charge in [0.2, 0.25) is 5.95 Å². The fourth-order valence-electron chi connectivity index (χ4n) is 2.49. The minimum Gasteiger partial charge on any atom is -0.495 e. The molecule has 1 aliphatic heterocycles. The fraction of sp³-hybridized carbons (Fsp3) is 0.353. The molecule has 0 aliphatic carbocycles. The van der Waals surface area contributed by atoms with E-state index in [4.69, 9.17) is 9.47 Å². The molecule has 1 aliphatic rings. The lowest BCUT2D eigenvalue weighted by Crippen LogP contribution is -2.40. The molecule has 0 spiro atoms. The average Bonchev–Trinajstić information content (AvgIpc) is 2.63. The van der Waals surface area contributed by atoms with Gasteiger partial charge in [-0.2, -0.15) is 0 Å². The Morgan fingerprint density at radius 2 is 1.96 bits per heavy atom. The van der Waals surface area contributed by atoms with Crippen LogP contribution < -0.4 is 10.1 Å². The fourth-order valence-corrected chi connectivity index (χ4v) is 2.49. The van der Waals surface area contributed by atoms with Crippen molar-refractivity contribution in [1.82, 2.24) is 14.9 Å². The zero-order valence-corrected chi connectivity index (χ0v) is 13.8. The summed E-state index contributed by atoms with van der Waals surface area (Å²) in [6.07, 6.45) is 3.07. The van der Waals surface area contributed by atoms with Crippen LogP contribution in [0.3, 0.4) is 0 Å². The van der Waals surface area contributed by atoms with E-state index in [1.165, 1.54) is 12.4 Å². The molecule has 126 valence electrons. The van der Waals surface area contributed by atoms with Crippen molar-refractivity contribution in [3.05, 3.63) is 41.7 Å². The van der Waals surface area contributed by atoms with E-state index >= 15 is 0 Å². The second kappa shape index (κ2) is 7.27. The van der Waals surface area contributed by atoms with Crippen LogP contribution in [-0.2, 0) is 4.74 Å². The van der Waals surface area contributed by atoms with Gasteiger partial charge in [0.1, 0.15) is 5.75 Å². The molecule has 2 aromatic rings. The van der Waals surface area contributed by atoms with Crippen molar-refractivity contribution in [3.8, 4) is 5.75 Å². The molecule has 7 nitrogen and oxygen atoms in total. The lowest BCUT2D eigenvalue weighted by Gasteiger charge is -2.26. The van der Waals surface area contributed by atoms with Gasteiger partial charge in [-0.05, 0) is 24.6 Å². The van der Waals surface area contributed by atoms with Gasteiger partial charge >= 0.3 is 0 Å². The third-order valence-electron chi connectivity index (χ3n) is 3.80. The molecule has 1 amide bonds. The Balaban J connectivity index is 1.73. The molecule has 1 aromatic carbocycles. The monoisotopic (exact) mass is 328 g/mol. The first-order chi connectivity index (χ1) is 11.7. The largest absolute Gasteiger partial charge is 0.495 e. The molecule has 2 heterocycles. The number of aryl methyl sites for hydroxylation is 1. The van der Waals surface area contributed by atoms with E-state index in [-0.39, 0.29) is 5.91 Å². The number of methoxy groups -OCH3 is 1. The molecule has 1 fully saturated rings. The molecule has 7 heteroatoms. The Morgan fingerprint density at radius 1 is 1.25 bits per heavy atom. The summed E-state index contributed by atoms with van der Waals surface area (Å²) in [6.45, 7) is 4.33. The lowest BCUT2D eigenvalue weighted by atomic mass is 10.2. The minimum absolute atomic E-state index is 0.0713. The lowest BCUT2D eigenvalue weighted by molar-refractivity contribution is 0.0302. The highest BCUT2D eigenvalue weighted by Gasteiger charge is 2.19. The van der Waals surface area contributed by atoms with Crippen molar-refractivity contribution in [2.24, 2.45) is 0 Å². The van der Waals surface area contributed by atoms with Gasteiger partial charge in [-0.3, -0.25) is 4.79 Å². The molecule has 0 bridgehead atoms. The second-order valence-corrected chi connectivity index (χ2v) is 5.53. The van der Waals surface area contributed by atoms with Crippen LogP contribution in [0.1, 0.15) is 15.9 Å². The number of morpholine rings is 1. The molecule has 3 rings (SSSR count). The summed E-state index contributed by atoms with van der Waals surface area (Å²) in [5.41, 5.74) is 2.35. The molecule has 0 saturated carbocycles. The van der Waals surface area contributed by atoms with Crippen LogP contribution in [-0.4, -0.2) is 54.2 Å². The summed E-state index contributed by atoms with van der Waals surface area (Å²) < 4.78 is 10.6. The van der Waals surface area contributed by atoms with Gasteiger partial charge in [0.05, 0.1) is 31.6 Å². The van der Waals surface area contributed by atoms with Crippen LogP contribution in [0, 0.1) is 6.92 Å². The number of anilines is 2. The number of hydrogen-bond donors (Lipinski definition) is 1. The number of carbonyl (C=O) groups excluding carboxylic acids is 1. The topological polar surface area (TPSA) is 76.6 Å². The number of carbonyl (C=O) groups is 1. The first-order valence-electron chi connectivity index (χ1n) is 7.78. The first kappa shape index (κ1) is 16.2. The molecule has 24 heavy (non-hydrogen) atoms. The highest BCUT2D eigenvalue weighted by atomic mass is 16.5. The van der Waals surface area contributed by atoms with Gasteiger partial charge in [0, 0.05) is 25.5 Å². The highest BCUT2D eigenvalue weighted by Crippen LogP contribution is 2.27. The van der Waals surface area contributed by atoms with Gasteiger partial charge < -0.3 is 19.7 Å². The molecule has 0 radical (unpaired) electrons. The third-order valence-corrected chi connectivity index (χ3v) is 3.80. The minimum atomic E-state index is -0.0713. The summed E-state index contributed by atoms with van der Waals surface area (Å²) in [5, 5.41) is 3.12. The maximum atomic E-state index is 12.4. The van der Waals surface area contributed by atoms with Crippen LogP contribution in [0.5, 0.6) is 5.75 Å². The highest BCUT2D eigenvalue weighted by molar-refractivity contribution is 5.93. The summed E-state index contributed by atoms with van der Waals surface area (Å²) in [4.78, 5) is 22.6. The van der Waals surface area contributed by atoms with E-state index in [2.05, 4.69) is 15.3 Å². The van der Waals surface area contributed by atoms with Crippen LogP contribution in [0.2, 0.25) is 0 Å². The number of ether oxygens (including phenoxy) is 2. The van der Waals surface area contributed by atoms with Gasteiger partial charge in [-0.1, -0.05) is 6.07 Å². The standard InChI is InChI=1S/C17H20N4O3/c1-12-3-4-15(23-2)14(9-12)20-17-18-10-13(11-19-17)16(22)21-5-7-24-8-6-21/h3-4,9-11H,5-8H2,1-2H3,(H,18,19,20). The number of nitrogens with one attached hydrogen (secondary N) is 1. The van der Waals surface area contributed by atoms with Crippen molar-refractivity contribution in [3.63, 3.8) is 0 Å². The van der Waals surface area contributed by atoms with Crippen molar-refractivity contribution in [2.45, 2.75) is 6.92 Å². The molecule has 0 atom stereocenters. The molecule has 1 saturated heterocycles. The van der Waals surface area contributed by atoms with Gasteiger partial charge in [0.25, 0.3) is 5.91 Å². The summed E-state index contributed by atoms with van der Waals surface area (Å²) >= 11 is 0. The van der Waals surface area contributed by atoms with Gasteiger partial charge in [-0.25, -0.2) is 9.97 Å². The zero-order chi connectivity index (χ0) is 16.9. The Labute approximate surface area is 140 Å². The van der Waals surface area contributed by atoms with E-state index in [0.29, 0.717) is 43.6 Å². The van der Waals surface area contributed by atoms with Crippen molar-refractivity contribution in [1.29, 1.82) is 0 Å². The Bertz CT molecular complexity index is 712. The van der Waals surface area contributed by atoms with Crippen LogP contribution in [0.4, 0.5) is 11.6 Å². The van der Waals surface area contributed by atoms with Crippen LogP contribution in [0.15, 0.2) is 30.6 Å². The number of benzene rings is 1. The maximum Gasteiger partial charge on any atom is 0.257 e. The van der Waals surface area contributed by atoms with Crippen molar-refractivity contribution >= 4 is 17.5 Å². The Kier molecular flexibility index (Phi) is 4.90. The Morgan fingerprint density at radius 3 is 2.62 bits per heavy atom. The number of amides is 1. The van der Waals surface area contributed by atoms with Crippen LogP contribution in [0.25, 0.3) is 0 Å². The molecule has 0 unspecified atom stereocenters. The normalized spacial score (nSPS) is 14.3. The molecule has 1 aromatic heterocycles. The third kappa shape index (κ3) is 3.62. The first-order valence-corrected chi connectivity index (χ1v) is 7.78. The van der Waals surface area contributed by atoms with Gasteiger partial charge in [-0.15, -0.1) is 0 Å². The van der Waals surface area contributed by atoms with Gasteiger partial charge in [0.15, 0.2) is 0 Å². The number of aromatic nitrogens is 2. The SMILES string of the molecule is COc1ccc(C)cc1Nc1ncc(C(=O)N2CCOCC2)cn1. The van der Waals surface area contributed by atoms with E-state index in [0.717, 1.165) is 11.3 Å². The van der Waals surface area contributed by atoms with E-state index in [1.807, 2.05) is 25.1 Å².